The molecule has 0 radical (unpaired) electrons. The molecule has 2 aromatic carbocycles. The van der Waals surface area contributed by atoms with Crippen LogP contribution in [0.4, 0.5) is 10.5 Å². The highest BCUT2D eigenvalue weighted by molar-refractivity contribution is 9.10. The van der Waals surface area contributed by atoms with Crippen molar-refractivity contribution in [3.63, 3.8) is 0 Å². The number of carbonyl (C=O) groups excluding carboxylic acids is 2. The largest absolute Gasteiger partial charge is 0.493 e. The van der Waals surface area contributed by atoms with E-state index in [1.807, 2.05) is 53.9 Å². The summed E-state index contributed by atoms with van der Waals surface area (Å²) in [6.45, 7) is 1.47. The Hall–Kier alpha value is -3.08. The Bertz CT molecular complexity index is 1160. The van der Waals surface area contributed by atoms with E-state index in [1.54, 1.807) is 43.6 Å². The summed E-state index contributed by atoms with van der Waals surface area (Å²) in [6, 6.07) is 16.7. The third-order valence-corrected chi connectivity index (χ3v) is 7.24. The number of ether oxygens (including phenoxy) is 3. The number of carbonyl (C=O) groups is 2. The normalized spacial score (nSPS) is 10.6. The van der Waals surface area contributed by atoms with E-state index in [1.165, 1.54) is 4.90 Å². The number of thiophene rings is 1. The van der Waals surface area contributed by atoms with E-state index in [0.717, 1.165) is 14.9 Å². The molecule has 0 saturated carbocycles. The standard InChI is InChI=1S/C27H32BrN3O5S/c1-34-15-14-31(27(33)29-23-9-5-4-8-22(23)28)19-26(32)30(18-21-7-6-16-37-21)13-12-20-10-11-24(35-2)25(17-20)36-3/h4-11,16-17H,12-15,18-19H2,1-3H3,(H,29,33). The summed E-state index contributed by atoms with van der Waals surface area (Å²) in [5, 5.41) is 4.87. The fraction of sp³-hybridized carbons (Fsp3) is 0.333. The van der Waals surface area contributed by atoms with E-state index in [-0.39, 0.29) is 25.0 Å². The molecule has 3 amide bonds. The number of rotatable bonds is 13. The molecule has 10 heteroatoms. The van der Waals surface area contributed by atoms with Crippen molar-refractivity contribution in [2.75, 3.05) is 52.9 Å². The number of amides is 3. The van der Waals surface area contributed by atoms with Gasteiger partial charge in [0.1, 0.15) is 6.54 Å². The molecule has 0 atom stereocenters. The van der Waals surface area contributed by atoms with Crippen molar-refractivity contribution in [2.45, 2.75) is 13.0 Å². The highest BCUT2D eigenvalue weighted by Gasteiger charge is 2.22. The smallest absolute Gasteiger partial charge is 0.322 e. The zero-order valence-electron chi connectivity index (χ0n) is 21.2. The zero-order valence-corrected chi connectivity index (χ0v) is 23.6. The van der Waals surface area contributed by atoms with Crippen LogP contribution in [0.25, 0.3) is 0 Å². The number of halogens is 1. The van der Waals surface area contributed by atoms with E-state index in [0.29, 0.717) is 43.3 Å². The minimum atomic E-state index is -0.367. The van der Waals surface area contributed by atoms with Crippen molar-refractivity contribution in [1.82, 2.24) is 9.80 Å². The molecule has 3 aromatic rings. The van der Waals surface area contributed by atoms with Gasteiger partial charge in [0.05, 0.1) is 33.1 Å². The summed E-state index contributed by atoms with van der Waals surface area (Å²) in [6.07, 6.45) is 0.624. The Labute approximate surface area is 230 Å². The van der Waals surface area contributed by atoms with Crippen molar-refractivity contribution in [2.24, 2.45) is 0 Å². The molecule has 8 nitrogen and oxygen atoms in total. The molecule has 1 N–H and O–H groups in total. The first kappa shape index (κ1) is 28.5. The Morgan fingerprint density at radius 1 is 0.946 bits per heavy atom. The number of hydrogen-bond donors (Lipinski definition) is 1. The summed E-state index contributed by atoms with van der Waals surface area (Å²) in [4.78, 5) is 31.0. The van der Waals surface area contributed by atoms with Gasteiger partial charge in [-0.2, -0.15) is 0 Å². The first-order valence-electron chi connectivity index (χ1n) is 11.8. The maximum absolute atomic E-state index is 13.5. The minimum Gasteiger partial charge on any atom is -0.493 e. The second kappa shape index (κ2) is 14.6. The molecule has 0 aliphatic carbocycles. The summed E-state index contributed by atoms with van der Waals surface area (Å²) in [5.74, 6) is 1.15. The van der Waals surface area contributed by atoms with E-state index >= 15 is 0 Å². The van der Waals surface area contributed by atoms with Crippen LogP contribution in [0, 0.1) is 0 Å². The van der Waals surface area contributed by atoms with Crippen molar-refractivity contribution in [3.8, 4) is 11.5 Å². The summed E-state index contributed by atoms with van der Waals surface area (Å²) in [5.41, 5.74) is 1.65. The summed E-state index contributed by atoms with van der Waals surface area (Å²) in [7, 11) is 4.76. The van der Waals surface area contributed by atoms with Crippen LogP contribution >= 0.6 is 27.3 Å². The lowest BCUT2D eigenvalue weighted by atomic mass is 10.1. The molecule has 0 spiro atoms. The van der Waals surface area contributed by atoms with Gasteiger partial charge in [-0.1, -0.05) is 24.3 Å². The Kier molecular flexibility index (Phi) is 11.2. The predicted molar refractivity (Wildman–Crippen MR) is 150 cm³/mol. The highest BCUT2D eigenvalue weighted by atomic mass is 79.9. The molecule has 37 heavy (non-hydrogen) atoms. The van der Waals surface area contributed by atoms with Gasteiger partial charge in [-0.05, 0) is 63.6 Å². The quantitative estimate of drug-likeness (QED) is 0.293. The number of nitrogens with zero attached hydrogens (tertiary/aromatic N) is 2. The van der Waals surface area contributed by atoms with E-state index in [9.17, 15) is 9.59 Å². The van der Waals surface area contributed by atoms with Gasteiger partial charge in [-0.15, -0.1) is 11.3 Å². The molecule has 0 aliphatic heterocycles. The monoisotopic (exact) mass is 589 g/mol. The van der Waals surface area contributed by atoms with Crippen LogP contribution < -0.4 is 14.8 Å². The average molecular weight is 591 g/mol. The van der Waals surface area contributed by atoms with E-state index in [4.69, 9.17) is 14.2 Å². The van der Waals surface area contributed by atoms with Crippen LogP contribution in [0.2, 0.25) is 0 Å². The van der Waals surface area contributed by atoms with Crippen LogP contribution in [-0.2, 0) is 22.5 Å². The van der Waals surface area contributed by atoms with Gasteiger partial charge in [-0.3, -0.25) is 4.79 Å². The highest BCUT2D eigenvalue weighted by Crippen LogP contribution is 2.28. The van der Waals surface area contributed by atoms with Gasteiger partial charge < -0.3 is 29.3 Å². The molecule has 0 aliphatic rings. The summed E-state index contributed by atoms with van der Waals surface area (Å²) >= 11 is 5.04. The Balaban J connectivity index is 1.74. The number of urea groups is 1. The van der Waals surface area contributed by atoms with Crippen molar-refractivity contribution in [1.29, 1.82) is 0 Å². The number of benzene rings is 2. The maximum atomic E-state index is 13.5. The van der Waals surface area contributed by atoms with Crippen molar-refractivity contribution in [3.05, 3.63) is 74.9 Å². The van der Waals surface area contributed by atoms with Gasteiger partial charge >= 0.3 is 6.03 Å². The predicted octanol–water partition coefficient (Wildman–Crippen LogP) is 5.28. The van der Waals surface area contributed by atoms with Gasteiger partial charge in [-0.25, -0.2) is 4.79 Å². The Morgan fingerprint density at radius 2 is 1.73 bits per heavy atom. The fourth-order valence-corrected chi connectivity index (χ4v) is 4.76. The molecule has 198 valence electrons. The lowest BCUT2D eigenvalue weighted by molar-refractivity contribution is -0.132. The first-order valence-corrected chi connectivity index (χ1v) is 13.4. The number of nitrogens with one attached hydrogen (secondary N) is 1. The van der Waals surface area contributed by atoms with E-state index < -0.39 is 0 Å². The van der Waals surface area contributed by atoms with Crippen molar-refractivity contribution < 1.29 is 23.8 Å². The zero-order chi connectivity index (χ0) is 26.6. The van der Waals surface area contributed by atoms with Crippen LogP contribution in [-0.4, -0.2) is 69.3 Å². The van der Waals surface area contributed by atoms with Crippen LogP contribution in [0.5, 0.6) is 11.5 Å². The van der Waals surface area contributed by atoms with Crippen molar-refractivity contribution >= 4 is 44.9 Å². The third-order valence-electron chi connectivity index (χ3n) is 5.69. The second-order valence-corrected chi connectivity index (χ2v) is 10.0. The van der Waals surface area contributed by atoms with Gasteiger partial charge in [0.2, 0.25) is 5.91 Å². The van der Waals surface area contributed by atoms with Crippen LogP contribution in [0.3, 0.4) is 0 Å². The molecule has 1 heterocycles. The lowest BCUT2D eigenvalue weighted by Crippen LogP contribution is -2.46. The molecule has 3 rings (SSSR count). The van der Waals surface area contributed by atoms with E-state index in [2.05, 4.69) is 21.2 Å². The van der Waals surface area contributed by atoms with Gasteiger partial charge in [0.25, 0.3) is 0 Å². The van der Waals surface area contributed by atoms with Gasteiger partial charge in [0.15, 0.2) is 11.5 Å². The summed E-state index contributed by atoms with van der Waals surface area (Å²) < 4.78 is 16.7. The molecular formula is C27H32BrN3O5S. The first-order chi connectivity index (χ1) is 17.9. The molecule has 0 saturated heterocycles. The molecular weight excluding hydrogens is 558 g/mol. The number of methoxy groups -OCH3 is 3. The second-order valence-electron chi connectivity index (χ2n) is 8.16. The topological polar surface area (TPSA) is 80.3 Å². The van der Waals surface area contributed by atoms with Crippen LogP contribution in [0.1, 0.15) is 10.4 Å². The molecule has 1 aromatic heterocycles. The number of anilines is 1. The minimum absolute atomic E-state index is 0.0725. The average Bonchev–Trinajstić information content (AvgIpc) is 3.43. The molecule has 0 unspecified atom stereocenters. The maximum Gasteiger partial charge on any atom is 0.322 e. The van der Waals surface area contributed by atoms with Gasteiger partial charge in [0, 0.05) is 29.5 Å². The number of hydrogen-bond acceptors (Lipinski definition) is 6. The number of para-hydroxylation sites is 1. The fourth-order valence-electron chi connectivity index (χ4n) is 3.66. The third kappa shape index (κ3) is 8.48. The SMILES string of the molecule is COCCN(CC(=O)N(CCc1ccc(OC)c(OC)c1)Cc1cccs1)C(=O)Nc1ccccc1Br. The molecule has 0 bridgehead atoms. The Morgan fingerprint density at radius 3 is 2.41 bits per heavy atom. The molecule has 0 fully saturated rings. The lowest BCUT2D eigenvalue weighted by Gasteiger charge is -2.28. The van der Waals surface area contributed by atoms with Crippen LogP contribution in [0.15, 0.2) is 64.5 Å².